The molecule has 25 heavy (non-hydrogen) atoms. The van der Waals surface area contributed by atoms with Crippen LogP contribution in [0.25, 0.3) is 0 Å². The molecular formula is C19H21NO4S. The van der Waals surface area contributed by atoms with E-state index >= 15 is 0 Å². The van der Waals surface area contributed by atoms with Crippen LogP contribution in [-0.4, -0.2) is 20.9 Å². The SMILES string of the molecule is Cc1cccc(COC(=O)c2cccc(S(=O)(=O)NCC3CC3)c2)c1. The zero-order valence-corrected chi connectivity index (χ0v) is 14.9. The number of hydrogen-bond donors (Lipinski definition) is 1. The van der Waals surface area contributed by atoms with E-state index in [0.717, 1.165) is 24.0 Å². The van der Waals surface area contributed by atoms with Crippen LogP contribution in [-0.2, 0) is 21.4 Å². The minimum atomic E-state index is -3.60. The van der Waals surface area contributed by atoms with Crippen LogP contribution in [0.2, 0.25) is 0 Å². The van der Waals surface area contributed by atoms with Crippen LogP contribution >= 0.6 is 0 Å². The van der Waals surface area contributed by atoms with Gasteiger partial charge in [-0.2, -0.15) is 0 Å². The highest BCUT2D eigenvalue weighted by atomic mass is 32.2. The van der Waals surface area contributed by atoms with Crippen molar-refractivity contribution in [3.8, 4) is 0 Å². The Labute approximate surface area is 148 Å². The molecule has 0 atom stereocenters. The van der Waals surface area contributed by atoms with Crippen LogP contribution in [0.1, 0.15) is 34.3 Å². The lowest BCUT2D eigenvalue weighted by molar-refractivity contribution is 0.0472. The van der Waals surface area contributed by atoms with Gasteiger partial charge in [-0.15, -0.1) is 0 Å². The molecule has 1 aliphatic rings. The van der Waals surface area contributed by atoms with Crippen molar-refractivity contribution in [2.45, 2.75) is 31.3 Å². The van der Waals surface area contributed by atoms with Crippen LogP contribution in [0.15, 0.2) is 53.4 Å². The third kappa shape index (κ3) is 4.90. The van der Waals surface area contributed by atoms with Gasteiger partial charge in [0.2, 0.25) is 10.0 Å². The average Bonchev–Trinajstić information content (AvgIpc) is 3.43. The Bertz CT molecular complexity index is 872. The molecule has 0 saturated heterocycles. The number of carbonyl (C=O) groups excluding carboxylic acids is 1. The van der Waals surface area contributed by atoms with Gasteiger partial charge in [-0.1, -0.05) is 35.9 Å². The van der Waals surface area contributed by atoms with Crippen LogP contribution in [0.4, 0.5) is 0 Å². The first kappa shape index (κ1) is 17.6. The number of rotatable bonds is 7. The molecule has 1 saturated carbocycles. The maximum absolute atomic E-state index is 12.3. The van der Waals surface area contributed by atoms with Gasteiger partial charge in [0.15, 0.2) is 0 Å². The molecule has 1 aliphatic carbocycles. The summed E-state index contributed by atoms with van der Waals surface area (Å²) in [5.41, 5.74) is 2.20. The zero-order chi connectivity index (χ0) is 17.9. The molecule has 0 radical (unpaired) electrons. The van der Waals surface area contributed by atoms with Crippen molar-refractivity contribution in [1.82, 2.24) is 4.72 Å². The number of sulfonamides is 1. The van der Waals surface area contributed by atoms with Crippen LogP contribution in [0.5, 0.6) is 0 Å². The molecule has 132 valence electrons. The Hall–Kier alpha value is -2.18. The van der Waals surface area contributed by atoms with Crippen molar-refractivity contribution >= 4 is 16.0 Å². The summed E-state index contributed by atoms with van der Waals surface area (Å²) >= 11 is 0. The molecular weight excluding hydrogens is 338 g/mol. The van der Waals surface area contributed by atoms with Gasteiger partial charge in [0.1, 0.15) is 6.61 Å². The van der Waals surface area contributed by atoms with Crippen molar-refractivity contribution in [3.63, 3.8) is 0 Å². The van der Waals surface area contributed by atoms with E-state index in [2.05, 4.69) is 4.72 Å². The number of hydrogen-bond acceptors (Lipinski definition) is 4. The van der Waals surface area contributed by atoms with E-state index < -0.39 is 16.0 Å². The zero-order valence-electron chi connectivity index (χ0n) is 14.1. The summed E-state index contributed by atoms with van der Waals surface area (Å²) in [5, 5.41) is 0. The van der Waals surface area contributed by atoms with Gasteiger partial charge >= 0.3 is 5.97 Å². The summed E-state index contributed by atoms with van der Waals surface area (Å²) in [5.74, 6) is -0.0991. The highest BCUT2D eigenvalue weighted by molar-refractivity contribution is 7.89. The predicted octanol–water partition coefficient (Wildman–Crippen LogP) is 3.04. The van der Waals surface area contributed by atoms with Gasteiger partial charge in [-0.3, -0.25) is 0 Å². The fourth-order valence-corrected chi connectivity index (χ4v) is 3.62. The molecule has 0 aromatic heterocycles. The largest absolute Gasteiger partial charge is 0.457 e. The van der Waals surface area contributed by atoms with Gasteiger partial charge in [-0.05, 0) is 49.4 Å². The lowest BCUT2D eigenvalue weighted by atomic mass is 10.1. The maximum Gasteiger partial charge on any atom is 0.338 e. The minimum absolute atomic E-state index is 0.0816. The molecule has 3 rings (SSSR count). The molecule has 2 aromatic carbocycles. The Kier molecular flexibility index (Phi) is 5.20. The fourth-order valence-electron chi connectivity index (χ4n) is 2.46. The highest BCUT2D eigenvalue weighted by Gasteiger charge is 2.24. The van der Waals surface area contributed by atoms with E-state index in [-0.39, 0.29) is 17.1 Å². The number of aryl methyl sites for hydroxylation is 1. The number of benzene rings is 2. The van der Waals surface area contributed by atoms with Gasteiger partial charge in [-0.25, -0.2) is 17.9 Å². The monoisotopic (exact) mass is 359 g/mol. The van der Waals surface area contributed by atoms with Crippen molar-refractivity contribution < 1.29 is 17.9 Å². The van der Waals surface area contributed by atoms with Crippen molar-refractivity contribution in [2.24, 2.45) is 5.92 Å². The van der Waals surface area contributed by atoms with Crippen LogP contribution in [0, 0.1) is 12.8 Å². The van der Waals surface area contributed by atoms with Gasteiger partial charge in [0.25, 0.3) is 0 Å². The first-order valence-electron chi connectivity index (χ1n) is 8.26. The molecule has 1 N–H and O–H groups in total. The normalized spacial score (nSPS) is 14.3. The summed E-state index contributed by atoms with van der Waals surface area (Å²) in [6, 6.07) is 13.6. The number of nitrogens with one attached hydrogen (secondary N) is 1. The lowest BCUT2D eigenvalue weighted by Gasteiger charge is -2.09. The second-order valence-corrected chi connectivity index (χ2v) is 8.16. The first-order valence-corrected chi connectivity index (χ1v) is 9.75. The van der Waals surface area contributed by atoms with Crippen LogP contribution in [0.3, 0.4) is 0 Å². The molecule has 5 nitrogen and oxygen atoms in total. The molecule has 1 fully saturated rings. The van der Waals surface area contributed by atoms with E-state index in [0.29, 0.717) is 12.5 Å². The van der Waals surface area contributed by atoms with Gasteiger partial charge in [0.05, 0.1) is 10.5 Å². The first-order chi connectivity index (χ1) is 11.9. The molecule has 2 aromatic rings. The molecule has 0 unspecified atom stereocenters. The Morgan fingerprint density at radius 2 is 1.92 bits per heavy atom. The molecule has 0 aliphatic heterocycles. The average molecular weight is 359 g/mol. The summed E-state index contributed by atoms with van der Waals surface area (Å²) in [4.78, 5) is 12.3. The lowest BCUT2D eigenvalue weighted by Crippen LogP contribution is -2.26. The summed E-state index contributed by atoms with van der Waals surface area (Å²) in [6.07, 6.45) is 2.13. The van der Waals surface area contributed by atoms with E-state index in [1.165, 1.54) is 12.1 Å². The van der Waals surface area contributed by atoms with E-state index in [1.54, 1.807) is 12.1 Å². The second-order valence-electron chi connectivity index (χ2n) is 6.39. The summed E-state index contributed by atoms with van der Waals surface area (Å²) < 4.78 is 32.5. The Morgan fingerprint density at radius 3 is 2.64 bits per heavy atom. The third-order valence-electron chi connectivity index (χ3n) is 4.09. The third-order valence-corrected chi connectivity index (χ3v) is 5.51. The maximum atomic E-state index is 12.3. The topological polar surface area (TPSA) is 72.5 Å². The van der Waals surface area contributed by atoms with Crippen molar-refractivity contribution in [2.75, 3.05) is 6.54 Å². The quantitative estimate of drug-likeness (QED) is 0.771. The molecule has 0 spiro atoms. The van der Waals surface area contributed by atoms with E-state index in [9.17, 15) is 13.2 Å². The minimum Gasteiger partial charge on any atom is -0.457 e. The van der Waals surface area contributed by atoms with E-state index in [4.69, 9.17) is 4.74 Å². The summed E-state index contributed by atoms with van der Waals surface area (Å²) in [7, 11) is -3.60. The smallest absolute Gasteiger partial charge is 0.338 e. The Morgan fingerprint density at radius 1 is 1.16 bits per heavy atom. The molecule has 0 amide bonds. The Balaban J connectivity index is 1.66. The van der Waals surface area contributed by atoms with Gasteiger partial charge < -0.3 is 4.74 Å². The number of ether oxygens (including phenoxy) is 1. The second kappa shape index (κ2) is 7.37. The van der Waals surface area contributed by atoms with Crippen molar-refractivity contribution in [1.29, 1.82) is 0 Å². The standard InChI is InChI=1S/C19H21NO4S/c1-14-4-2-5-16(10-14)13-24-19(21)17-6-3-7-18(11-17)25(22,23)20-12-15-8-9-15/h2-7,10-11,15,20H,8-9,12-13H2,1H3. The molecule has 0 bridgehead atoms. The predicted molar refractivity (Wildman–Crippen MR) is 94.7 cm³/mol. The summed E-state index contributed by atoms with van der Waals surface area (Å²) in [6.45, 7) is 2.57. The van der Waals surface area contributed by atoms with E-state index in [1.807, 2.05) is 31.2 Å². The van der Waals surface area contributed by atoms with Crippen molar-refractivity contribution in [3.05, 3.63) is 65.2 Å². The fraction of sp³-hybridized carbons (Fsp3) is 0.316. The number of carbonyl (C=O) groups is 1. The number of esters is 1. The van der Waals surface area contributed by atoms with Crippen LogP contribution < -0.4 is 4.72 Å². The molecule has 6 heteroatoms. The molecule has 0 heterocycles. The highest BCUT2D eigenvalue weighted by Crippen LogP contribution is 2.28. The van der Waals surface area contributed by atoms with Gasteiger partial charge in [0, 0.05) is 6.54 Å².